The summed E-state index contributed by atoms with van der Waals surface area (Å²) < 4.78 is 3.69. The van der Waals surface area contributed by atoms with Gasteiger partial charge in [0.1, 0.15) is 5.00 Å². The number of nitrogens with zero attached hydrogens (tertiary/aromatic N) is 4. The lowest BCUT2D eigenvalue weighted by molar-refractivity contribution is -0.140. The maximum atomic E-state index is 12.1. The molecule has 0 radical (unpaired) electrons. The van der Waals surface area contributed by atoms with Crippen LogP contribution < -0.4 is 5.32 Å². The van der Waals surface area contributed by atoms with E-state index in [2.05, 4.69) is 14.9 Å². The van der Waals surface area contributed by atoms with Crippen LogP contribution in [-0.4, -0.2) is 57.5 Å². The van der Waals surface area contributed by atoms with Crippen LogP contribution in [-0.2, 0) is 4.79 Å². The van der Waals surface area contributed by atoms with Crippen molar-refractivity contribution >= 4 is 28.5 Å². The van der Waals surface area contributed by atoms with E-state index in [9.17, 15) is 9.59 Å². The Kier molecular flexibility index (Phi) is 4.22. The third kappa shape index (κ3) is 3.44. The molecule has 1 aromatic heterocycles. The van der Waals surface area contributed by atoms with Crippen molar-refractivity contribution in [1.29, 1.82) is 0 Å². The number of carbonyl (C=O) groups excluding carboxylic acids is 2. The summed E-state index contributed by atoms with van der Waals surface area (Å²) in [6.07, 6.45) is 1.52. The smallest absolute Gasteiger partial charge is 0.322 e. The molecule has 7 nitrogen and oxygen atoms in total. The number of urea groups is 1. The van der Waals surface area contributed by atoms with Crippen molar-refractivity contribution in [3.05, 3.63) is 6.20 Å². The van der Waals surface area contributed by atoms with Gasteiger partial charge in [-0.15, -0.1) is 5.10 Å². The number of carbonyl (C=O) groups is 2. The van der Waals surface area contributed by atoms with Gasteiger partial charge in [0.25, 0.3) is 0 Å². The van der Waals surface area contributed by atoms with Crippen molar-refractivity contribution in [2.24, 2.45) is 5.41 Å². The number of hydrogen-bond acceptors (Lipinski definition) is 5. The van der Waals surface area contributed by atoms with Crippen LogP contribution in [0.5, 0.6) is 0 Å². The summed E-state index contributed by atoms with van der Waals surface area (Å²) in [4.78, 5) is 27.7. The topological polar surface area (TPSA) is 78.4 Å². The number of hydrogen-bond donors (Lipinski definition) is 1. The second-order valence-electron chi connectivity index (χ2n) is 5.74. The van der Waals surface area contributed by atoms with Gasteiger partial charge in [0.05, 0.1) is 6.20 Å². The molecule has 1 aliphatic heterocycles. The van der Waals surface area contributed by atoms with Crippen LogP contribution >= 0.6 is 11.5 Å². The van der Waals surface area contributed by atoms with Gasteiger partial charge in [-0.2, -0.15) is 0 Å². The second kappa shape index (κ2) is 5.74. The fourth-order valence-corrected chi connectivity index (χ4v) is 2.40. The van der Waals surface area contributed by atoms with Gasteiger partial charge in [-0.1, -0.05) is 25.3 Å². The quantitative estimate of drug-likeness (QED) is 0.846. The van der Waals surface area contributed by atoms with Crippen LogP contribution in [0.2, 0.25) is 0 Å². The van der Waals surface area contributed by atoms with E-state index >= 15 is 0 Å². The zero-order valence-corrected chi connectivity index (χ0v) is 12.7. The highest BCUT2D eigenvalue weighted by Gasteiger charge is 2.30. The largest absolute Gasteiger partial charge is 0.339 e. The molecule has 0 unspecified atom stereocenters. The molecule has 0 bridgehead atoms. The van der Waals surface area contributed by atoms with Gasteiger partial charge in [0.15, 0.2) is 0 Å². The van der Waals surface area contributed by atoms with Crippen molar-refractivity contribution in [3.8, 4) is 0 Å². The molecule has 0 spiro atoms. The van der Waals surface area contributed by atoms with E-state index < -0.39 is 0 Å². The molecule has 2 rings (SSSR count). The van der Waals surface area contributed by atoms with Gasteiger partial charge in [-0.05, 0) is 0 Å². The van der Waals surface area contributed by atoms with E-state index in [1.165, 1.54) is 6.20 Å². The Morgan fingerprint density at radius 2 is 1.80 bits per heavy atom. The minimum Gasteiger partial charge on any atom is -0.339 e. The van der Waals surface area contributed by atoms with E-state index in [1.807, 2.05) is 25.7 Å². The van der Waals surface area contributed by atoms with Crippen LogP contribution in [0.3, 0.4) is 0 Å². The summed E-state index contributed by atoms with van der Waals surface area (Å²) in [6.45, 7) is 7.95. The van der Waals surface area contributed by atoms with Crippen molar-refractivity contribution in [2.75, 3.05) is 31.5 Å². The van der Waals surface area contributed by atoms with Crippen molar-refractivity contribution in [2.45, 2.75) is 20.8 Å². The lowest BCUT2D eigenvalue weighted by Crippen LogP contribution is -2.53. The lowest BCUT2D eigenvalue weighted by atomic mass is 9.94. The van der Waals surface area contributed by atoms with Crippen molar-refractivity contribution < 1.29 is 9.59 Å². The highest BCUT2D eigenvalue weighted by atomic mass is 32.1. The Balaban J connectivity index is 1.85. The summed E-state index contributed by atoms with van der Waals surface area (Å²) in [6, 6.07) is -0.168. The molecule has 1 aliphatic rings. The van der Waals surface area contributed by atoms with Crippen LogP contribution in [0.15, 0.2) is 6.20 Å². The molecule has 1 saturated heterocycles. The number of rotatable bonds is 1. The standard InChI is InChI=1S/C12H19N5O2S/c1-12(2,3)10(18)16-4-6-17(7-5-16)11(19)14-9-8-13-15-20-9/h8H,4-7H2,1-3H3,(H,14,19). The fourth-order valence-electron chi connectivity index (χ4n) is 1.99. The third-order valence-corrected chi connectivity index (χ3v) is 3.67. The van der Waals surface area contributed by atoms with Gasteiger partial charge in [0.2, 0.25) is 5.91 Å². The van der Waals surface area contributed by atoms with Gasteiger partial charge in [-0.3, -0.25) is 10.1 Å². The fraction of sp³-hybridized carbons (Fsp3) is 0.667. The number of anilines is 1. The average Bonchev–Trinajstić information content (AvgIpc) is 2.90. The maximum absolute atomic E-state index is 12.1. The Labute approximate surface area is 122 Å². The zero-order valence-electron chi connectivity index (χ0n) is 11.9. The van der Waals surface area contributed by atoms with Crippen LogP contribution in [0.4, 0.5) is 9.80 Å². The van der Waals surface area contributed by atoms with Gasteiger partial charge < -0.3 is 9.80 Å². The Morgan fingerprint density at radius 3 is 2.30 bits per heavy atom. The third-order valence-electron chi connectivity index (χ3n) is 3.09. The monoisotopic (exact) mass is 297 g/mol. The van der Waals surface area contributed by atoms with E-state index in [4.69, 9.17) is 0 Å². The van der Waals surface area contributed by atoms with E-state index in [1.54, 1.807) is 4.90 Å². The van der Waals surface area contributed by atoms with E-state index in [-0.39, 0.29) is 17.4 Å². The van der Waals surface area contributed by atoms with E-state index in [0.29, 0.717) is 31.2 Å². The van der Waals surface area contributed by atoms with Crippen LogP contribution in [0, 0.1) is 5.41 Å². The first-order valence-electron chi connectivity index (χ1n) is 6.50. The number of aromatic nitrogens is 2. The summed E-state index contributed by atoms with van der Waals surface area (Å²) in [7, 11) is 0. The minimum absolute atomic E-state index is 0.129. The minimum atomic E-state index is -0.376. The summed E-state index contributed by atoms with van der Waals surface area (Å²) >= 11 is 1.14. The Hall–Kier alpha value is -1.70. The first-order valence-corrected chi connectivity index (χ1v) is 7.28. The van der Waals surface area contributed by atoms with Gasteiger partial charge in [-0.25, -0.2) is 4.79 Å². The molecule has 3 amide bonds. The molecule has 0 atom stereocenters. The highest BCUT2D eigenvalue weighted by molar-refractivity contribution is 7.10. The molecule has 0 saturated carbocycles. The Morgan fingerprint density at radius 1 is 1.20 bits per heavy atom. The molecular formula is C12H19N5O2S. The predicted molar refractivity (Wildman–Crippen MR) is 76.5 cm³/mol. The second-order valence-corrected chi connectivity index (χ2v) is 6.53. The average molecular weight is 297 g/mol. The zero-order chi connectivity index (χ0) is 14.8. The summed E-state index contributed by atoms with van der Waals surface area (Å²) in [5.74, 6) is 0.129. The molecule has 1 fully saturated rings. The summed E-state index contributed by atoms with van der Waals surface area (Å²) in [5.41, 5.74) is -0.376. The molecular weight excluding hydrogens is 278 g/mol. The molecule has 1 aromatic rings. The predicted octanol–water partition coefficient (Wildman–Crippen LogP) is 1.26. The number of nitrogens with one attached hydrogen (secondary N) is 1. The van der Waals surface area contributed by atoms with Gasteiger partial charge >= 0.3 is 6.03 Å². The SMILES string of the molecule is CC(C)(C)C(=O)N1CCN(C(=O)Nc2cnns2)CC1. The molecule has 0 aromatic carbocycles. The number of piperazine rings is 1. The molecule has 8 heteroatoms. The van der Waals surface area contributed by atoms with Crippen LogP contribution in [0.1, 0.15) is 20.8 Å². The number of amides is 3. The normalized spacial score (nSPS) is 16.1. The highest BCUT2D eigenvalue weighted by Crippen LogP contribution is 2.19. The van der Waals surface area contributed by atoms with E-state index in [0.717, 1.165) is 11.5 Å². The van der Waals surface area contributed by atoms with Gasteiger partial charge in [0, 0.05) is 43.1 Å². The van der Waals surface area contributed by atoms with Crippen LogP contribution in [0.25, 0.3) is 0 Å². The molecule has 2 heterocycles. The molecule has 110 valence electrons. The van der Waals surface area contributed by atoms with Crippen molar-refractivity contribution in [3.63, 3.8) is 0 Å². The first-order chi connectivity index (χ1) is 9.38. The van der Waals surface area contributed by atoms with Crippen molar-refractivity contribution in [1.82, 2.24) is 19.4 Å². The molecule has 0 aliphatic carbocycles. The summed E-state index contributed by atoms with van der Waals surface area (Å²) in [5, 5.41) is 7.04. The lowest BCUT2D eigenvalue weighted by Gasteiger charge is -2.37. The first kappa shape index (κ1) is 14.7. The molecule has 20 heavy (non-hydrogen) atoms. The Bertz CT molecular complexity index is 475. The molecule has 1 N–H and O–H groups in total. The maximum Gasteiger partial charge on any atom is 0.322 e.